The predicted octanol–water partition coefficient (Wildman–Crippen LogP) is 5.78. The second kappa shape index (κ2) is 7.12. The molecule has 0 aliphatic heterocycles. The largest absolute Gasteiger partial charge is 0.573 e. The SMILES string of the molecule is Cn1ccnc1-c1nc(-c2cccc(-c3ccccc3OC(F)(F)F)c2)cs1. The fourth-order valence-corrected chi connectivity index (χ4v) is 3.71. The maximum Gasteiger partial charge on any atom is 0.573 e. The smallest absolute Gasteiger partial charge is 0.405 e. The Morgan fingerprint density at radius 3 is 2.57 bits per heavy atom. The Morgan fingerprint density at radius 2 is 1.82 bits per heavy atom. The van der Waals surface area contributed by atoms with Gasteiger partial charge in [0.1, 0.15) is 5.75 Å². The minimum atomic E-state index is -4.75. The van der Waals surface area contributed by atoms with E-state index in [0.29, 0.717) is 11.1 Å². The Labute approximate surface area is 162 Å². The van der Waals surface area contributed by atoms with Gasteiger partial charge in [0, 0.05) is 35.9 Å². The number of alkyl halides is 3. The topological polar surface area (TPSA) is 39.9 Å². The zero-order valence-corrected chi connectivity index (χ0v) is 15.5. The molecule has 2 aromatic carbocycles. The van der Waals surface area contributed by atoms with E-state index in [-0.39, 0.29) is 5.75 Å². The number of benzene rings is 2. The van der Waals surface area contributed by atoms with Gasteiger partial charge in [-0.1, -0.05) is 36.4 Å². The number of nitrogens with zero attached hydrogens (tertiary/aromatic N) is 3. The Hall–Kier alpha value is -3.13. The fourth-order valence-electron chi connectivity index (χ4n) is 2.85. The van der Waals surface area contributed by atoms with Gasteiger partial charge in [-0.2, -0.15) is 0 Å². The van der Waals surface area contributed by atoms with Crippen LogP contribution in [0.1, 0.15) is 0 Å². The molecule has 0 spiro atoms. The number of hydrogen-bond donors (Lipinski definition) is 0. The highest BCUT2D eigenvalue weighted by Gasteiger charge is 2.32. The molecule has 0 amide bonds. The lowest BCUT2D eigenvalue weighted by Gasteiger charge is -2.13. The normalized spacial score (nSPS) is 11.6. The van der Waals surface area contributed by atoms with E-state index in [1.54, 1.807) is 36.5 Å². The maximum atomic E-state index is 12.7. The van der Waals surface area contributed by atoms with Crippen molar-refractivity contribution < 1.29 is 17.9 Å². The molecule has 0 saturated carbocycles. The zero-order chi connectivity index (χ0) is 19.7. The number of hydrogen-bond acceptors (Lipinski definition) is 4. The highest BCUT2D eigenvalue weighted by Crippen LogP contribution is 2.36. The van der Waals surface area contributed by atoms with Crippen molar-refractivity contribution in [2.45, 2.75) is 6.36 Å². The third-order valence-corrected chi connectivity index (χ3v) is 4.94. The second-order valence-corrected chi connectivity index (χ2v) is 6.88. The van der Waals surface area contributed by atoms with Gasteiger partial charge in [-0.15, -0.1) is 24.5 Å². The molecule has 142 valence electrons. The number of rotatable bonds is 4. The van der Waals surface area contributed by atoms with Crippen molar-refractivity contribution in [3.05, 3.63) is 66.3 Å². The molecule has 0 atom stereocenters. The summed E-state index contributed by atoms with van der Waals surface area (Å²) in [6.07, 6.45) is -1.21. The molecular formula is C20H14F3N3OS. The van der Waals surface area contributed by atoms with E-state index in [0.717, 1.165) is 22.1 Å². The zero-order valence-electron chi connectivity index (χ0n) is 14.6. The minimum absolute atomic E-state index is 0.237. The third-order valence-electron chi connectivity index (χ3n) is 4.10. The van der Waals surface area contributed by atoms with E-state index < -0.39 is 6.36 Å². The number of aromatic nitrogens is 3. The third kappa shape index (κ3) is 3.77. The van der Waals surface area contributed by atoms with E-state index in [9.17, 15) is 13.2 Å². The quantitative estimate of drug-likeness (QED) is 0.435. The van der Waals surface area contributed by atoms with Gasteiger partial charge >= 0.3 is 6.36 Å². The summed E-state index contributed by atoms with van der Waals surface area (Å²) in [5.41, 5.74) is 2.51. The molecular weight excluding hydrogens is 387 g/mol. The molecule has 28 heavy (non-hydrogen) atoms. The van der Waals surface area contributed by atoms with Gasteiger partial charge in [0.25, 0.3) is 0 Å². The number of ether oxygens (including phenoxy) is 1. The van der Waals surface area contributed by atoms with Gasteiger partial charge in [-0.05, 0) is 17.7 Å². The van der Waals surface area contributed by atoms with Gasteiger partial charge in [0.15, 0.2) is 10.8 Å². The van der Waals surface area contributed by atoms with Crippen LogP contribution in [0.15, 0.2) is 66.3 Å². The molecule has 0 N–H and O–H groups in total. The minimum Gasteiger partial charge on any atom is -0.405 e. The summed E-state index contributed by atoms with van der Waals surface area (Å²) in [6.45, 7) is 0. The van der Waals surface area contributed by atoms with Crippen molar-refractivity contribution in [2.75, 3.05) is 0 Å². The summed E-state index contributed by atoms with van der Waals surface area (Å²) in [7, 11) is 1.89. The van der Waals surface area contributed by atoms with Crippen LogP contribution in [-0.2, 0) is 7.05 Å². The van der Waals surface area contributed by atoms with Gasteiger partial charge in [-0.3, -0.25) is 0 Å². The maximum absolute atomic E-state index is 12.7. The summed E-state index contributed by atoms with van der Waals surface area (Å²) in [5, 5.41) is 2.68. The number of imidazole rings is 1. The molecule has 8 heteroatoms. The number of aryl methyl sites for hydroxylation is 1. The molecule has 0 aliphatic carbocycles. The van der Waals surface area contributed by atoms with Crippen LogP contribution >= 0.6 is 11.3 Å². The van der Waals surface area contributed by atoms with Crippen molar-refractivity contribution in [3.63, 3.8) is 0 Å². The van der Waals surface area contributed by atoms with Gasteiger partial charge in [0.2, 0.25) is 0 Å². The lowest BCUT2D eigenvalue weighted by molar-refractivity contribution is -0.274. The van der Waals surface area contributed by atoms with E-state index in [2.05, 4.69) is 14.7 Å². The van der Waals surface area contributed by atoms with Crippen LogP contribution in [-0.4, -0.2) is 20.9 Å². The first-order valence-electron chi connectivity index (χ1n) is 8.29. The molecule has 0 bridgehead atoms. The van der Waals surface area contributed by atoms with Crippen LogP contribution in [0.4, 0.5) is 13.2 Å². The molecule has 0 saturated heterocycles. The van der Waals surface area contributed by atoms with E-state index in [4.69, 9.17) is 0 Å². The average molecular weight is 401 g/mol. The molecule has 0 fully saturated rings. The predicted molar refractivity (Wildman–Crippen MR) is 102 cm³/mol. The average Bonchev–Trinajstić information content (AvgIpc) is 3.30. The van der Waals surface area contributed by atoms with E-state index in [1.807, 2.05) is 29.3 Å². The van der Waals surface area contributed by atoms with Crippen LogP contribution in [0.25, 0.3) is 33.2 Å². The number of halogens is 3. The standard InChI is InChI=1S/C20H14F3N3OS/c1-26-10-9-24-18(26)19-25-16(12-28-19)14-6-4-5-13(11-14)15-7-2-3-8-17(15)27-20(21,22)23/h2-12H,1H3. The molecule has 0 aliphatic rings. The van der Waals surface area contributed by atoms with Gasteiger partial charge in [0.05, 0.1) is 5.69 Å². The first kappa shape index (κ1) is 18.2. The first-order valence-corrected chi connectivity index (χ1v) is 9.17. The molecule has 2 aromatic heterocycles. The lowest BCUT2D eigenvalue weighted by Crippen LogP contribution is -2.17. The van der Waals surface area contributed by atoms with Crippen LogP contribution in [0.5, 0.6) is 5.75 Å². The molecule has 0 unspecified atom stereocenters. The summed E-state index contributed by atoms with van der Waals surface area (Å²) < 4.78 is 44.2. The Bertz CT molecular complexity index is 1120. The van der Waals surface area contributed by atoms with Crippen LogP contribution < -0.4 is 4.74 Å². The van der Waals surface area contributed by atoms with Gasteiger partial charge in [-0.25, -0.2) is 9.97 Å². The molecule has 4 nitrogen and oxygen atoms in total. The summed E-state index contributed by atoms with van der Waals surface area (Å²) in [6, 6.07) is 13.3. The Morgan fingerprint density at radius 1 is 1.04 bits per heavy atom. The monoisotopic (exact) mass is 401 g/mol. The van der Waals surface area contributed by atoms with Crippen molar-refractivity contribution >= 4 is 11.3 Å². The second-order valence-electron chi connectivity index (χ2n) is 6.02. The van der Waals surface area contributed by atoms with E-state index >= 15 is 0 Å². The van der Waals surface area contributed by atoms with Crippen molar-refractivity contribution in [2.24, 2.45) is 7.05 Å². The highest BCUT2D eigenvalue weighted by molar-refractivity contribution is 7.13. The fraction of sp³-hybridized carbons (Fsp3) is 0.100. The Balaban J connectivity index is 1.70. The summed E-state index contributed by atoms with van der Waals surface area (Å²) >= 11 is 1.46. The van der Waals surface area contributed by atoms with Crippen LogP contribution in [0.3, 0.4) is 0 Å². The molecule has 0 radical (unpaired) electrons. The van der Waals surface area contributed by atoms with Crippen molar-refractivity contribution in [3.8, 4) is 39.0 Å². The van der Waals surface area contributed by atoms with Gasteiger partial charge < -0.3 is 9.30 Å². The number of thiazole rings is 1. The lowest BCUT2D eigenvalue weighted by atomic mass is 10.0. The first-order chi connectivity index (χ1) is 13.4. The van der Waals surface area contributed by atoms with Crippen molar-refractivity contribution in [1.29, 1.82) is 0 Å². The van der Waals surface area contributed by atoms with Crippen molar-refractivity contribution in [1.82, 2.24) is 14.5 Å². The number of para-hydroxylation sites is 1. The molecule has 4 rings (SSSR count). The summed E-state index contributed by atoms with van der Waals surface area (Å²) in [4.78, 5) is 8.92. The molecule has 2 heterocycles. The van der Waals surface area contributed by atoms with E-state index in [1.165, 1.54) is 23.5 Å². The Kier molecular flexibility index (Phi) is 4.64. The summed E-state index contributed by atoms with van der Waals surface area (Å²) in [5.74, 6) is 0.524. The molecule has 4 aromatic rings. The van der Waals surface area contributed by atoms with Crippen LogP contribution in [0.2, 0.25) is 0 Å². The highest BCUT2D eigenvalue weighted by atomic mass is 32.1. The van der Waals surface area contributed by atoms with Crippen LogP contribution in [0, 0.1) is 0 Å².